The van der Waals surface area contributed by atoms with Crippen molar-refractivity contribution >= 4 is 11.8 Å². The molecule has 1 fully saturated rings. The molecular weight excluding hydrogens is 382 g/mol. The number of amides is 2. The maximum Gasteiger partial charge on any atom is 0.254 e. The van der Waals surface area contributed by atoms with Gasteiger partial charge >= 0.3 is 0 Å². The highest BCUT2D eigenvalue weighted by molar-refractivity contribution is 5.94. The molecule has 1 atom stereocenters. The largest absolute Gasteiger partial charge is 0.340 e. The van der Waals surface area contributed by atoms with Crippen molar-refractivity contribution in [2.24, 2.45) is 0 Å². The highest BCUT2D eigenvalue weighted by Gasteiger charge is 2.35. The summed E-state index contributed by atoms with van der Waals surface area (Å²) >= 11 is 0. The number of hydrogen-bond acceptors (Lipinski definition) is 6. The smallest absolute Gasteiger partial charge is 0.254 e. The van der Waals surface area contributed by atoms with Crippen LogP contribution >= 0.6 is 0 Å². The van der Waals surface area contributed by atoms with Crippen LogP contribution in [0.3, 0.4) is 0 Å². The number of hydrogen-bond donors (Lipinski definition) is 0. The molecule has 0 bridgehead atoms. The Labute approximate surface area is 174 Å². The van der Waals surface area contributed by atoms with Gasteiger partial charge in [-0.3, -0.25) is 14.6 Å². The van der Waals surface area contributed by atoms with E-state index >= 15 is 0 Å². The summed E-state index contributed by atoms with van der Waals surface area (Å²) in [5.74, 6) is 0.729. The summed E-state index contributed by atoms with van der Waals surface area (Å²) in [6.45, 7) is 3.11. The van der Waals surface area contributed by atoms with Gasteiger partial charge in [-0.05, 0) is 43.2 Å². The van der Waals surface area contributed by atoms with Gasteiger partial charge in [-0.1, -0.05) is 23.4 Å². The predicted octanol–water partition coefficient (Wildman–Crippen LogP) is 2.43. The van der Waals surface area contributed by atoms with Crippen molar-refractivity contribution in [3.05, 3.63) is 77.7 Å². The van der Waals surface area contributed by atoms with Crippen molar-refractivity contribution in [1.82, 2.24) is 24.9 Å². The zero-order chi connectivity index (χ0) is 20.9. The second kappa shape index (κ2) is 8.86. The maximum absolute atomic E-state index is 13.2. The summed E-state index contributed by atoms with van der Waals surface area (Å²) in [5.41, 5.74) is 1.50. The SMILES string of the molecule is Cc1noc(C2CN(C(=O)Cc3ccncc3)CCCN2C(=O)c2ccccc2)n1. The molecule has 2 amide bonds. The van der Waals surface area contributed by atoms with E-state index < -0.39 is 6.04 Å². The van der Waals surface area contributed by atoms with Gasteiger partial charge in [0.2, 0.25) is 5.91 Å². The second-order valence-electron chi connectivity index (χ2n) is 7.29. The molecular formula is C22H23N5O3. The molecule has 0 radical (unpaired) electrons. The molecule has 2 aromatic heterocycles. The molecule has 1 unspecified atom stereocenters. The number of carbonyl (C=O) groups is 2. The molecule has 3 aromatic rings. The van der Waals surface area contributed by atoms with E-state index in [1.807, 2.05) is 30.3 Å². The lowest BCUT2D eigenvalue weighted by molar-refractivity contribution is -0.130. The van der Waals surface area contributed by atoms with Gasteiger partial charge in [0, 0.05) is 31.0 Å². The zero-order valence-electron chi connectivity index (χ0n) is 16.8. The second-order valence-corrected chi connectivity index (χ2v) is 7.29. The number of benzene rings is 1. The molecule has 0 spiro atoms. The van der Waals surface area contributed by atoms with Crippen LogP contribution in [0.2, 0.25) is 0 Å². The summed E-state index contributed by atoms with van der Waals surface area (Å²) in [6.07, 6.45) is 4.31. The molecule has 4 rings (SSSR count). The first-order valence-corrected chi connectivity index (χ1v) is 9.94. The molecule has 0 N–H and O–H groups in total. The van der Waals surface area contributed by atoms with Crippen LogP contribution in [0.5, 0.6) is 0 Å². The van der Waals surface area contributed by atoms with Gasteiger partial charge in [-0.2, -0.15) is 4.98 Å². The van der Waals surface area contributed by atoms with Crippen molar-refractivity contribution < 1.29 is 14.1 Å². The Bertz CT molecular complexity index is 1010. The number of rotatable bonds is 4. The first-order chi connectivity index (χ1) is 14.6. The lowest BCUT2D eigenvalue weighted by atomic mass is 10.1. The highest BCUT2D eigenvalue weighted by atomic mass is 16.5. The fraction of sp³-hybridized carbons (Fsp3) is 0.318. The van der Waals surface area contributed by atoms with Crippen molar-refractivity contribution in [2.75, 3.05) is 19.6 Å². The van der Waals surface area contributed by atoms with Gasteiger partial charge in [0.25, 0.3) is 11.8 Å². The average Bonchev–Trinajstić information content (AvgIpc) is 3.08. The number of aryl methyl sites for hydroxylation is 1. The Kier molecular flexibility index (Phi) is 5.83. The van der Waals surface area contributed by atoms with Crippen LogP contribution in [-0.4, -0.2) is 56.4 Å². The van der Waals surface area contributed by atoms with Gasteiger partial charge in [-0.25, -0.2) is 0 Å². The lowest BCUT2D eigenvalue weighted by Crippen LogP contribution is -2.40. The molecule has 1 aliphatic rings. The Morgan fingerprint density at radius 3 is 2.57 bits per heavy atom. The fourth-order valence-corrected chi connectivity index (χ4v) is 3.65. The minimum absolute atomic E-state index is 0.00329. The van der Waals surface area contributed by atoms with Crippen LogP contribution in [-0.2, 0) is 11.2 Å². The van der Waals surface area contributed by atoms with Crippen LogP contribution in [0.15, 0.2) is 59.4 Å². The monoisotopic (exact) mass is 405 g/mol. The summed E-state index contributed by atoms with van der Waals surface area (Å²) in [5, 5.41) is 3.89. The summed E-state index contributed by atoms with van der Waals surface area (Å²) in [6, 6.07) is 12.3. The van der Waals surface area contributed by atoms with E-state index in [0.717, 1.165) is 5.56 Å². The fourth-order valence-electron chi connectivity index (χ4n) is 3.65. The lowest BCUT2D eigenvalue weighted by Gasteiger charge is -2.29. The number of carbonyl (C=O) groups excluding carboxylic acids is 2. The van der Waals surface area contributed by atoms with E-state index in [4.69, 9.17) is 4.52 Å². The summed E-state index contributed by atoms with van der Waals surface area (Å²) in [4.78, 5) is 38.1. The van der Waals surface area contributed by atoms with E-state index in [0.29, 0.717) is 43.3 Å². The number of aromatic nitrogens is 3. The van der Waals surface area contributed by atoms with Gasteiger partial charge in [0.05, 0.1) is 13.0 Å². The minimum atomic E-state index is -0.497. The van der Waals surface area contributed by atoms with E-state index in [-0.39, 0.29) is 18.2 Å². The van der Waals surface area contributed by atoms with Gasteiger partial charge in [0.15, 0.2) is 5.82 Å². The molecule has 30 heavy (non-hydrogen) atoms. The van der Waals surface area contributed by atoms with Crippen molar-refractivity contribution in [3.63, 3.8) is 0 Å². The van der Waals surface area contributed by atoms with Gasteiger partial charge in [0.1, 0.15) is 6.04 Å². The van der Waals surface area contributed by atoms with Crippen LogP contribution in [0.1, 0.15) is 40.1 Å². The Hall–Kier alpha value is -3.55. The Balaban J connectivity index is 1.59. The van der Waals surface area contributed by atoms with Crippen molar-refractivity contribution in [1.29, 1.82) is 0 Å². The highest BCUT2D eigenvalue weighted by Crippen LogP contribution is 2.26. The predicted molar refractivity (Wildman–Crippen MR) is 108 cm³/mol. The molecule has 1 aromatic carbocycles. The maximum atomic E-state index is 13.2. The van der Waals surface area contributed by atoms with E-state index in [1.165, 1.54) is 0 Å². The van der Waals surface area contributed by atoms with Gasteiger partial charge in [-0.15, -0.1) is 0 Å². The van der Waals surface area contributed by atoms with Crippen LogP contribution < -0.4 is 0 Å². The summed E-state index contributed by atoms with van der Waals surface area (Å²) in [7, 11) is 0. The van der Waals surface area contributed by atoms with Gasteiger partial charge < -0.3 is 14.3 Å². The van der Waals surface area contributed by atoms with Crippen LogP contribution in [0, 0.1) is 6.92 Å². The quantitative estimate of drug-likeness (QED) is 0.662. The number of nitrogens with zero attached hydrogens (tertiary/aromatic N) is 5. The normalized spacial score (nSPS) is 16.9. The number of pyridine rings is 1. The molecule has 8 heteroatoms. The standard InChI is InChI=1S/C22H23N5O3/c1-16-24-21(30-25-16)19-15-26(20(28)14-17-8-10-23-11-9-17)12-5-13-27(19)22(29)18-6-3-2-4-7-18/h2-4,6-11,19H,5,12-15H2,1H3. The van der Waals surface area contributed by atoms with E-state index in [1.54, 1.807) is 41.2 Å². The third kappa shape index (κ3) is 4.37. The third-order valence-electron chi connectivity index (χ3n) is 5.16. The Morgan fingerprint density at radius 2 is 1.87 bits per heavy atom. The first kappa shape index (κ1) is 19.8. The zero-order valence-corrected chi connectivity index (χ0v) is 16.8. The molecule has 3 heterocycles. The molecule has 0 saturated carbocycles. The van der Waals surface area contributed by atoms with Crippen molar-refractivity contribution in [3.8, 4) is 0 Å². The molecule has 1 saturated heterocycles. The minimum Gasteiger partial charge on any atom is -0.340 e. The van der Waals surface area contributed by atoms with Crippen LogP contribution in [0.25, 0.3) is 0 Å². The van der Waals surface area contributed by atoms with Crippen LogP contribution in [0.4, 0.5) is 0 Å². The molecule has 154 valence electrons. The molecule has 1 aliphatic heterocycles. The Morgan fingerprint density at radius 1 is 1.10 bits per heavy atom. The molecule has 0 aliphatic carbocycles. The van der Waals surface area contributed by atoms with E-state index in [9.17, 15) is 9.59 Å². The van der Waals surface area contributed by atoms with E-state index in [2.05, 4.69) is 15.1 Å². The topological polar surface area (TPSA) is 92.4 Å². The van der Waals surface area contributed by atoms with Crippen molar-refractivity contribution in [2.45, 2.75) is 25.8 Å². The average molecular weight is 405 g/mol. The first-order valence-electron chi connectivity index (χ1n) is 9.94. The summed E-state index contributed by atoms with van der Waals surface area (Å²) < 4.78 is 5.42. The third-order valence-corrected chi connectivity index (χ3v) is 5.16. The molecule has 8 nitrogen and oxygen atoms in total.